The van der Waals surface area contributed by atoms with Crippen molar-refractivity contribution in [2.75, 3.05) is 6.61 Å². The average Bonchev–Trinajstić information content (AvgIpc) is 3.01. The van der Waals surface area contributed by atoms with Crippen LogP contribution >= 0.6 is 0 Å². The van der Waals surface area contributed by atoms with Crippen molar-refractivity contribution in [3.8, 4) is 0 Å². The van der Waals surface area contributed by atoms with Crippen molar-refractivity contribution < 1.29 is 123 Å². The summed E-state index contributed by atoms with van der Waals surface area (Å²) in [5.41, 5.74) is -5.56. The van der Waals surface area contributed by atoms with Gasteiger partial charge in [-0.1, -0.05) is 41.5 Å². The molecule has 22 heteroatoms. The maximum atomic E-state index is 13.8. The van der Waals surface area contributed by atoms with Gasteiger partial charge in [0.05, 0.1) is 18.8 Å². The first-order valence-corrected chi connectivity index (χ1v) is 17.1. The van der Waals surface area contributed by atoms with Crippen molar-refractivity contribution in [2.24, 2.45) is 23.7 Å². The van der Waals surface area contributed by atoms with Crippen molar-refractivity contribution in [2.45, 2.75) is 142 Å². The molecule has 298 valence electrons. The number of aliphatic hydroxyl groups excluding tert-OH is 4. The van der Waals surface area contributed by atoms with E-state index in [1.807, 2.05) is 20.8 Å². The molecule has 3 aliphatic rings. The van der Waals surface area contributed by atoms with Crippen LogP contribution in [0.25, 0.3) is 0 Å². The number of hydrogen-bond acceptors (Lipinski definition) is 15. The summed E-state index contributed by atoms with van der Waals surface area (Å²) in [5, 5.41) is 35.3. The van der Waals surface area contributed by atoms with Crippen LogP contribution in [0.3, 0.4) is 0 Å². The zero-order chi connectivity index (χ0) is 38.2. The summed E-state index contributed by atoms with van der Waals surface area (Å²) in [4.78, 5) is 21.8. The van der Waals surface area contributed by atoms with E-state index >= 15 is 0 Å². The van der Waals surface area contributed by atoms with Crippen molar-refractivity contribution >= 4 is 22.1 Å². The predicted octanol–water partition coefficient (Wildman–Crippen LogP) is -0.931. The largest absolute Gasteiger partial charge is 1.00 e. The Bertz CT molecular complexity index is 1150. The summed E-state index contributed by atoms with van der Waals surface area (Å²) >= 11 is 0. The average molecular weight is 787 g/mol. The van der Waals surface area contributed by atoms with Gasteiger partial charge in [-0.05, 0) is 36.5 Å². The van der Waals surface area contributed by atoms with Crippen LogP contribution in [0.4, 0.5) is 22.0 Å². The molecule has 5 N–H and O–H groups in total. The monoisotopic (exact) mass is 786 g/mol. The van der Waals surface area contributed by atoms with Gasteiger partial charge >= 0.3 is 57.1 Å². The van der Waals surface area contributed by atoms with Crippen LogP contribution in [0, 0.1) is 23.7 Å². The second-order valence-corrected chi connectivity index (χ2v) is 13.7. The topological polar surface area (TPSA) is 235 Å². The number of esters is 2. The third-order valence-electron chi connectivity index (χ3n) is 8.71. The Balaban J connectivity index is 0. The summed E-state index contributed by atoms with van der Waals surface area (Å²) < 4.78 is 115. The van der Waals surface area contributed by atoms with Crippen molar-refractivity contribution in [1.29, 1.82) is 0 Å². The summed E-state index contributed by atoms with van der Waals surface area (Å²) in [6.45, 7) is 12.5. The molecule has 51 heavy (non-hydrogen) atoms. The van der Waals surface area contributed by atoms with E-state index in [1.165, 1.54) is 13.8 Å². The SMILES string of the molecule is CC[C@H]1OC(OC(C)=O)[C@H]([18F])[C@@H](C)[C@@H]1C.CC[C@H]1O[C@@H](OC(C)=O)[C@@H](OS(=O)(=O)C(F)(F)F)[C@@H](C)[C@@H]1C.OC[C@H]1OC(O)[C@H]([18F])[C@@H](O)[C@@H]1O.[Na+].[OH-]. The standard InChI is InChI=1S/C12H19F3O6S.C11H19FO3.C6H11FO5.Na.H2O/c1-5-9-6(2)7(3)10(11(20-9)19-8(4)16)21-22(17,18)12(13,14)15;1-5-9-6(2)7(3)10(12)11(15-9)14-8(4)13;7-3-5(10)4(9)2(1-8)12-6(3)11;;/h6-7,9-11H,5H2,1-4H3;6-7,9-11H,5H2,1-4H3;2-6,8-11H,1H2;;1H2/q;;;+1;/p-1/t6-,7-,9+,10-,11+;6-,7-,9+,10+,11?;2-,3-,4-,5-,6?;;/m001../s1/i;12-1;7-1;;. The first-order valence-electron chi connectivity index (χ1n) is 15.7. The van der Waals surface area contributed by atoms with E-state index in [0.29, 0.717) is 6.42 Å². The van der Waals surface area contributed by atoms with Gasteiger partial charge in [0.25, 0.3) is 0 Å². The third-order valence-corrected chi connectivity index (χ3v) is 9.75. The Kier molecular flexibility index (Phi) is 23.1. The van der Waals surface area contributed by atoms with Gasteiger partial charge in [-0.3, -0.25) is 13.8 Å². The number of aliphatic hydroxyl groups is 4. The van der Waals surface area contributed by atoms with E-state index in [-0.39, 0.29) is 65.0 Å². The van der Waals surface area contributed by atoms with Crippen LogP contribution < -0.4 is 29.6 Å². The number of rotatable bonds is 7. The zero-order valence-electron chi connectivity index (χ0n) is 29.9. The third kappa shape index (κ3) is 14.4. The van der Waals surface area contributed by atoms with Gasteiger partial charge in [0.15, 0.2) is 18.6 Å². The summed E-state index contributed by atoms with van der Waals surface area (Å²) in [7, 11) is -5.82. The first-order chi connectivity index (χ1) is 22.4. The molecule has 0 radical (unpaired) electrons. The fourth-order valence-corrected chi connectivity index (χ4v) is 6.02. The molecule has 3 fully saturated rings. The minimum absolute atomic E-state index is 0. The van der Waals surface area contributed by atoms with E-state index in [9.17, 15) is 40.0 Å². The Morgan fingerprint density at radius 3 is 1.57 bits per heavy atom. The molecule has 3 heterocycles. The number of alkyl halides is 5. The Hall–Kier alpha value is -0.820. The maximum absolute atomic E-state index is 13.8. The van der Waals surface area contributed by atoms with E-state index < -0.39 is 95.7 Å². The van der Waals surface area contributed by atoms with Gasteiger partial charge in [-0.25, -0.2) is 8.78 Å². The molecule has 0 amide bonds. The van der Waals surface area contributed by atoms with E-state index in [4.69, 9.17) is 39.4 Å². The van der Waals surface area contributed by atoms with Gasteiger partial charge < -0.3 is 49.6 Å². The van der Waals surface area contributed by atoms with Gasteiger partial charge in [0.1, 0.15) is 24.4 Å². The van der Waals surface area contributed by atoms with Crippen LogP contribution in [-0.4, -0.2) is 126 Å². The minimum atomic E-state index is -5.82. The number of ether oxygens (including phenoxy) is 5. The van der Waals surface area contributed by atoms with Crippen LogP contribution in [0.2, 0.25) is 0 Å². The molecule has 3 aliphatic heterocycles. The van der Waals surface area contributed by atoms with Crippen molar-refractivity contribution in [3.05, 3.63) is 0 Å². The van der Waals surface area contributed by atoms with Crippen LogP contribution in [0.1, 0.15) is 68.2 Å². The summed E-state index contributed by atoms with van der Waals surface area (Å²) in [5.74, 6) is -2.20. The van der Waals surface area contributed by atoms with E-state index in [2.05, 4.69) is 8.92 Å². The molecule has 0 spiro atoms. The van der Waals surface area contributed by atoms with Crippen LogP contribution in [-0.2, 0) is 47.6 Å². The minimum Gasteiger partial charge on any atom is -0.870 e. The molecule has 0 aromatic rings. The Labute approximate surface area is 316 Å². The predicted molar refractivity (Wildman–Crippen MR) is 160 cm³/mol. The van der Waals surface area contributed by atoms with E-state index in [0.717, 1.165) is 13.3 Å². The molecular formula is C29H50F5NaO15S. The molecule has 15 nitrogen and oxygen atoms in total. The van der Waals surface area contributed by atoms with Gasteiger partial charge in [0.2, 0.25) is 12.6 Å². The molecule has 0 aromatic carbocycles. The van der Waals surface area contributed by atoms with Gasteiger partial charge in [0, 0.05) is 13.8 Å². The molecule has 2 unspecified atom stereocenters. The molecule has 3 saturated heterocycles. The summed E-state index contributed by atoms with van der Waals surface area (Å²) in [6.07, 6.45) is -12.6. The molecule has 0 aliphatic carbocycles. The second kappa shape index (κ2) is 22.5. The number of carbonyl (C=O) groups excluding carboxylic acids is 2. The Morgan fingerprint density at radius 1 is 0.725 bits per heavy atom. The van der Waals surface area contributed by atoms with Crippen LogP contribution in [0.5, 0.6) is 0 Å². The zero-order valence-corrected chi connectivity index (χ0v) is 32.7. The molecule has 0 bridgehead atoms. The molecule has 15 atom stereocenters. The normalized spacial score (nSPS) is 38.2. The van der Waals surface area contributed by atoms with Gasteiger partial charge in [-0.15, -0.1) is 0 Å². The van der Waals surface area contributed by atoms with Gasteiger partial charge in [-0.2, -0.15) is 21.6 Å². The number of halogens is 5. The van der Waals surface area contributed by atoms with Crippen molar-refractivity contribution in [1.82, 2.24) is 0 Å². The quantitative estimate of drug-likeness (QED) is 0.0803. The molecule has 0 saturated carbocycles. The smallest absolute Gasteiger partial charge is 0.870 e. The molecular weight excluding hydrogens is 736 g/mol. The number of hydrogen-bond donors (Lipinski definition) is 4. The molecule has 3 rings (SSSR count). The molecule has 0 aromatic heterocycles. The Morgan fingerprint density at radius 2 is 1.16 bits per heavy atom. The van der Waals surface area contributed by atoms with Crippen molar-refractivity contribution in [3.63, 3.8) is 0 Å². The fourth-order valence-electron chi connectivity index (χ4n) is 5.35. The fraction of sp³-hybridized carbons (Fsp3) is 0.931. The van der Waals surface area contributed by atoms with Crippen LogP contribution in [0.15, 0.2) is 0 Å². The van der Waals surface area contributed by atoms with E-state index in [1.54, 1.807) is 13.8 Å². The first kappa shape index (κ1) is 52.3. The summed E-state index contributed by atoms with van der Waals surface area (Å²) in [6, 6.07) is 0. The second-order valence-electron chi connectivity index (χ2n) is 12.1. The number of carbonyl (C=O) groups is 2. The maximum Gasteiger partial charge on any atom is 1.00 e.